The van der Waals surface area contributed by atoms with Crippen LogP contribution in [0.3, 0.4) is 0 Å². The lowest BCUT2D eigenvalue weighted by Crippen LogP contribution is -2.36. The van der Waals surface area contributed by atoms with Crippen LogP contribution >= 0.6 is 11.3 Å². The van der Waals surface area contributed by atoms with Gasteiger partial charge in [-0.2, -0.15) is 18.3 Å². The number of halogens is 3. The molecular weight excluding hydrogens is 415 g/mol. The third kappa shape index (κ3) is 3.65. The molecule has 0 radical (unpaired) electrons. The van der Waals surface area contributed by atoms with Gasteiger partial charge in [-0.3, -0.25) is 9.59 Å². The number of thiophene rings is 1. The number of hydrogen-bond donors (Lipinski definition) is 0. The lowest BCUT2D eigenvalue weighted by atomic mass is 10.1. The van der Waals surface area contributed by atoms with Crippen molar-refractivity contribution >= 4 is 17.2 Å². The van der Waals surface area contributed by atoms with Crippen LogP contribution in [-0.4, -0.2) is 27.1 Å². The van der Waals surface area contributed by atoms with E-state index in [0.29, 0.717) is 6.54 Å². The molecule has 30 heavy (non-hydrogen) atoms. The quantitative estimate of drug-likeness (QED) is 0.607. The second-order valence-electron chi connectivity index (χ2n) is 7.10. The molecule has 9 heteroatoms. The summed E-state index contributed by atoms with van der Waals surface area (Å²) in [4.78, 5) is 28.3. The molecule has 1 amide bonds. The number of nitrogens with zero attached hydrogens (tertiary/aromatic N) is 3. The van der Waals surface area contributed by atoms with Gasteiger partial charge in [-0.05, 0) is 43.3 Å². The summed E-state index contributed by atoms with van der Waals surface area (Å²) in [6.45, 7) is 1.95. The van der Waals surface area contributed by atoms with Gasteiger partial charge in [-0.1, -0.05) is 18.2 Å². The summed E-state index contributed by atoms with van der Waals surface area (Å²) in [6, 6.07) is 9.78. The minimum atomic E-state index is -4.60. The minimum absolute atomic E-state index is 0.157. The van der Waals surface area contributed by atoms with Crippen LogP contribution in [0.4, 0.5) is 13.2 Å². The molecule has 4 rings (SSSR count). The zero-order chi connectivity index (χ0) is 21.5. The second-order valence-corrected chi connectivity index (χ2v) is 8.08. The molecule has 0 spiro atoms. The number of likely N-dealkylation sites (tertiary alicyclic amines) is 1. The molecule has 3 heterocycles. The van der Waals surface area contributed by atoms with E-state index in [1.165, 1.54) is 36.5 Å². The van der Waals surface area contributed by atoms with E-state index < -0.39 is 23.1 Å². The molecule has 0 unspecified atom stereocenters. The van der Waals surface area contributed by atoms with Crippen LogP contribution in [0.1, 0.15) is 45.5 Å². The molecule has 1 fully saturated rings. The lowest BCUT2D eigenvalue weighted by Gasteiger charge is -2.24. The summed E-state index contributed by atoms with van der Waals surface area (Å²) in [5.41, 5.74) is -1.88. The number of rotatable bonds is 3. The van der Waals surface area contributed by atoms with Crippen molar-refractivity contribution in [1.29, 1.82) is 0 Å². The molecular formula is C21H18F3N3O2S. The smallest absolute Gasteiger partial charge is 0.329 e. The Morgan fingerprint density at radius 3 is 2.67 bits per heavy atom. The average Bonchev–Trinajstić information content (AvgIpc) is 3.38. The Balaban J connectivity index is 1.79. The lowest BCUT2D eigenvalue weighted by molar-refractivity contribution is -0.137. The van der Waals surface area contributed by atoms with Crippen molar-refractivity contribution in [2.75, 3.05) is 6.54 Å². The SMILES string of the molecule is Cc1cc(=O)c(C(=O)N2CCC[C@H]2c2cccs2)nn1-c1ccccc1C(F)(F)F. The third-order valence-corrected chi connectivity index (χ3v) is 6.11. The van der Waals surface area contributed by atoms with Crippen LogP contribution in [0.25, 0.3) is 5.69 Å². The van der Waals surface area contributed by atoms with Crippen LogP contribution in [0.2, 0.25) is 0 Å². The molecule has 1 saturated heterocycles. The normalized spacial score (nSPS) is 16.8. The Kier molecular flexibility index (Phi) is 5.23. The molecule has 5 nitrogen and oxygen atoms in total. The highest BCUT2D eigenvalue weighted by atomic mass is 32.1. The number of carbonyl (C=O) groups is 1. The number of hydrogen-bond acceptors (Lipinski definition) is 4. The summed E-state index contributed by atoms with van der Waals surface area (Å²) in [5.74, 6) is -0.561. The predicted octanol–water partition coefficient (Wildman–Crippen LogP) is 4.60. The summed E-state index contributed by atoms with van der Waals surface area (Å²) in [5, 5.41) is 6.01. The molecule has 1 atom stereocenters. The van der Waals surface area contributed by atoms with E-state index in [0.717, 1.165) is 34.5 Å². The van der Waals surface area contributed by atoms with Gasteiger partial charge in [0, 0.05) is 23.2 Å². The van der Waals surface area contributed by atoms with Crippen molar-refractivity contribution in [3.63, 3.8) is 0 Å². The molecule has 3 aromatic rings. The number of carbonyl (C=O) groups excluding carboxylic acids is 1. The Bertz CT molecular complexity index is 1140. The van der Waals surface area contributed by atoms with E-state index >= 15 is 0 Å². The van der Waals surface area contributed by atoms with Gasteiger partial charge < -0.3 is 4.90 Å². The van der Waals surface area contributed by atoms with Crippen molar-refractivity contribution in [1.82, 2.24) is 14.7 Å². The number of aryl methyl sites for hydroxylation is 1. The standard InChI is InChI=1S/C21H18F3N3O2S/c1-13-12-17(28)19(20(29)26-10-4-8-16(26)18-9-5-11-30-18)25-27(13)15-7-3-2-6-14(15)21(22,23)24/h2-3,5-7,9,11-12,16H,4,8,10H2,1H3/t16-/m0/s1. The van der Waals surface area contributed by atoms with E-state index in [1.807, 2.05) is 17.5 Å². The van der Waals surface area contributed by atoms with Gasteiger partial charge in [-0.15, -0.1) is 11.3 Å². The van der Waals surface area contributed by atoms with Crippen molar-refractivity contribution in [3.8, 4) is 5.69 Å². The van der Waals surface area contributed by atoms with Crippen LogP contribution in [0, 0.1) is 6.92 Å². The maximum Gasteiger partial charge on any atom is 0.418 e. The average molecular weight is 433 g/mol. The first-order chi connectivity index (χ1) is 14.3. The highest BCUT2D eigenvalue weighted by Gasteiger charge is 2.36. The van der Waals surface area contributed by atoms with Crippen molar-refractivity contribution in [2.45, 2.75) is 32.0 Å². The third-order valence-electron chi connectivity index (χ3n) is 5.13. The molecule has 0 bridgehead atoms. The number of alkyl halides is 3. The van der Waals surface area contributed by atoms with E-state index in [2.05, 4.69) is 5.10 Å². The Morgan fingerprint density at radius 1 is 1.20 bits per heavy atom. The maximum absolute atomic E-state index is 13.5. The summed E-state index contributed by atoms with van der Waals surface area (Å²) in [6.07, 6.45) is -3.05. The fourth-order valence-electron chi connectivity index (χ4n) is 3.76. The monoisotopic (exact) mass is 433 g/mol. The predicted molar refractivity (Wildman–Crippen MR) is 107 cm³/mol. The summed E-state index contributed by atoms with van der Waals surface area (Å²) < 4.78 is 41.5. The van der Waals surface area contributed by atoms with Gasteiger partial charge in [0.2, 0.25) is 5.43 Å². The molecule has 1 aliphatic rings. The maximum atomic E-state index is 13.5. The zero-order valence-corrected chi connectivity index (χ0v) is 16.8. The summed E-state index contributed by atoms with van der Waals surface area (Å²) >= 11 is 1.53. The minimum Gasteiger partial charge on any atom is -0.329 e. The van der Waals surface area contributed by atoms with Crippen LogP contribution in [-0.2, 0) is 6.18 Å². The van der Waals surface area contributed by atoms with Gasteiger partial charge in [0.05, 0.1) is 17.3 Å². The Morgan fingerprint density at radius 2 is 1.97 bits per heavy atom. The van der Waals surface area contributed by atoms with Crippen LogP contribution in [0.5, 0.6) is 0 Å². The van der Waals surface area contributed by atoms with Gasteiger partial charge in [-0.25, -0.2) is 4.68 Å². The molecule has 156 valence electrons. The van der Waals surface area contributed by atoms with Crippen molar-refractivity contribution < 1.29 is 18.0 Å². The fourth-order valence-corrected chi connectivity index (χ4v) is 4.63. The molecule has 2 aromatic heterocycles. The summed E-state index contributed by atoms with van der Waals surface area (Å²) in [7, 11) is 0. The number of amides is 1. The number of aromatic nitrogens is 2. The van der Waals surface area contributed by atoms with E-state index in [1.54, 1.807) is 4.90 Å². The fraction of sp³-hybridized carbons (Fsp3) is 0.286. The first kappa shape index (κ1) is 20.3. The first-order valence-corrected chi connectivity index (χ1v) is 10.3. The zero-order valence-electron chi connectivity index (χ0n) is 16.0. The van der Waals surface area contributed by atoms with E-state index in [4.69, 9.17) is 0 Å². The largest absolute Gasteiger partial charge is 0.418 e. The number of benzene rings is 1. The van der Waals surface area contributed by atoms with Crippen molar-refractivity contribution in [2.24, 2.45) is 0 Å². The van der Waals surface area contributed by atoms with Crippen LogP contribution < -0.4 is 5.43 Å². The van der Waals surface area contributed by atoms with Gasteiger partial charge in [0.1, 0.15) is 0 Å². The molecule has 1 aromatic carbocycles. The second kappa shape index (κ2) is 7.71. The Hall–Kier alpha value is -2.94. The first-order valence-electron chi connectivity index (χ1n) is 9.39. The topological polar surface area (TPSA) is 55.2 Å². The molecule has 1 aliphatic heterocycles. The van der Waals surface area contributed by atoms with E-state index in [9.17, 15) is 22.8 Å². The van der Waals surface area contributed by atoms with Crippen molar-refractivity contribution in [3.05, 3.63) is 79.9 Å². The van der Waals surface area contributed by atoms with E-state index in [-0.39, 0.29) is 23.1 Å². The van der Waals surface area contributed by atoms with Gasteiger partial charge in [0.25, 0.3) is 5.91 Å². The Labute approximate surface area is 174 Å². The van der Waals surface area contributed by atoms with Gasteiger partial charge >= 0.3 is 6.18 Å². The molecule has 0 aliphatic carbocycles. The molecule has 0 saturated carbocycles. The number of para-hydroxylation sites is 1. The van der Waals surface area contributed by atoms with Crippen LogP contribution in [0.15, 0.2) is 52.6 Å². The highest BCUT2D eigenvalue weighted by molar-refractivity contribution is 7.10. The van der Waals surface area contributed by atoms with Gasteiger partial charge in [0.15, 0.2) is 5.69 Å². The molecule has 0 N–H and O–H groups in total. The highest BCUT2D eigenvalue weighted by Crippen LogP contribution is 2.36.